The van der Waals surface area contributed by atoms with Gasteiger partial charge in [0, 0.05) is 5.25 Å². The Balaban J connectivity index is 2.06. The molecule has 0 fully saturated rings. The number of aromatic nitrogens is 1. The van der Waals surface area contributed by atoms with Crippen molar-refractivity contribution < 1.29 is 9.53 Å². The summed E-state index contributed by atoms with van der Waals surface area (Å²) < 4.78 is 7.11. The Morgan fingerprint density at radius 2 is 2.24 bits per heavy atom. The van der Waals surface area contributed by atoms with Crippen molar-refractivity contribution in [3.63, 3.8) is 0 Å². The molecular weight excluding hydrogens is 304 g/mol. The van der Waals surface area contributed by atoms with Gasteiger partial charge in [0.1, 0.15) is 5.54 Å². The smallest absolute Gasteiger partial charge is 0.325 e. The first-order chi connectivity index (χ1) is 9.98. The number of carbonyl (C=O) groups excluding carboxylic acids is 1. The number of thioether (sulfide) groups is 1. The van der Waals surface area contributed by atoms with Gasteiger partial charge in [-0.1, -0.05) is 30.8 Å². The molecule has 6 heteroatoms. The topological polar surface area (TPSA) is 51.2 Å². The Hall–Kier alpha value is -1.11. The van der Waals surface area contributed by atoms with Gasteiger partial charge in [-0.05, 0) is 32.5 Å². The van der Waals surface area contributed by atoms with Crippen LogP contribution in [0.25, 0.3) is 10.2 Å². The number of nitrogens with zero attached hydrogens (tertiary/aromatic N) is 1. The Morgan fingerprint density at radius 3 is 2.86 bits per heavy atom. The molecule has 1 aromatic heterocycles. The van der Waals surface area contributed by atoms with Gasteiger partial charge in [0.2, 0.25) is 0 Å². The van der Waals surface area contributed by atoms with Crippen LogP contribution >= 0.6 is 23.1 Å². The highest BCUT2D eigenvalue weighted by atomic mass is 32.2. The van der Waals surface area contributed by atoms with Gasteiger partial charge in [0.05, 0.1) is 17.3 Å². The molecular formula is C15H20N2O2S2. The zero-order valence-electron chi connectivity index (χ0n) is 12.7. The van der Waals surface area contributed by atoms with Crippen LogP contribution in [0.1, 0.15) is 20.3 Å². The molecule has 1 N–H and O–H groups in total. The number of methoxy groups -OCH3 is 1. The van der Waals surface area contributed by atoms with Crippen LogP contribution in [-0.4, -0.2) is 35.9 Å². The maximum absolute atomic E-state index is 11.9. The summed E-state index contributed by atoms with van der Waals surface area (Å²) in [6.45, 7) is 3.98. The minimum absolute atomic E-state index is 0.234. The van der Waals surface area contributed by atoms with Crippen LogP contribution in [0.2, 0.25) is 0 Å². The van der Waals surface area contributed by atoms with E-state index >= 15 is 0 Å². The van der Waals surface area contributed by atoms with E-state index in [2.05, 4.69) is 23.3 Å². The number of carbonyl (C=O) groups is 1. The number of hydrogen-bond acceptors (Lipinski definition) is 6. The highest BCUT2D eigenvalue weighted by Crippen LogP contribution is 2.34. The third kappa shape index (κ3) is 3.75. The molecule has 0 aliphatic carbocycles. The molecule has 4 nitrogen and oxygen atoms in total. The molecule has 2 atom stereocenters. The molecule has 0 radical (unpaired) electrons. The van der Waals surface area contributed by atoms with Gasteiger partial charge in [-0.25, -0.2) is 4.98 Å². The summed E-state index contributed by atoms with van der Waals surface area (Å²) in [4.78, 5) is 16.5. The second-order valence-electron chi connectivity index (χ2n) is 5.15. The van der Waals surface area contributed by atoms with E-state index in [1.165, 1.54) is 11.8 Å². The van der Waals surface area contributed by atoms with E-state index in [0.29, 0.717) is 6.42 Å². The maximum atomic E-state index is 11.9. The fourth-order valence-electron chi connectivity index (χ4n) is 2.20. The van der Waals surface area contributed by atoms with Crippen molar-refractivity contribution in [1.29, 1.82) is 0 Å². The number of rotatable bonds is 6. The van der Waals surface area contributed by atoms with Gasteiger partial charge in [-0.3, -0.25) is 4.79 Å². The number of para-hydroxylation sites is 1. The number of hydrogen-bond donors (Lipinski definition) is 1. The lowest BCUT2D eigenvalue weighted by Crippen LogP contribution is -2.49. The maximum Gasteiger partial charge on any atom is 0.325 e. The fraction of sp³-hybridized carbons (Fsp3) is 0.467. The number of ether oxygens (including phenoxy) is 1. The highest BCUT2D eigenvalue weighted by Gasteiger charge is 2.34. The van der Waals surface area contributed by atoms with Crippen LogP contribution in [0.3, 0.4) is 0 Å². The predicted octanol–water partition coefficient (Wildman–Crippen LogP) is 3.32. The molecule has 2 rings (SSSR count). The molecule has 2 unspecified atom stereocenters. The molecule has 114 valence electrons. The van der Waals surface area contributed by atoms with Crippen molar-refractivity contribution in [2.24, 2.45) is 0 Å². The summed E-state index contributed by atoms with van der Waals surface area (Å²) in [6, 6.07) is 8.11. The highest BCUT2D eigenvalue weighted by molar-refractivity contribution is 8.01. The summed E-state index contributed by atoms with van der Waals surface area (Å²) in [5.41, 5.74) is 0.360. The number of thiazole rings is 1. The molecule has 2 aromatic rings. The number of nitrogens with one attached hydrogen (secondary N) is 1. The second kappa shape index (κ2) is 6.77. The lowest BCUT2D eigenvalue weighted by atomic mass is 9.96. The van der Waals surface area contributed by atoms with Gasteiger partial charge in [0.15, 0.2) is 4.34 Å². The predicted molar refractivity (Wildman–Crippen MR) is 89.0 cm³/mol. The van der Waals surface area contributed by atoms with Crippen molar-refractivity contribution in [1.82, 2.24) is 10.3 Å². The Labute approximate surface area is 133 Å². The SMILES string of the molecule is CNC(C)(CC(C)Sc1nc2ccccc2s1)C(=O)OC. The van der Waals surface area contributed by atoms with Crippen LogP contribution < -0.4 is 5.32 Å². The average molecular weight is 324 g/mol. The summed E-state index contributed by atoms with van der Waals surface area (Å²) in [6.07, 6.45) is 0.677. The molecule has 0 amide bonds. The second-order valence-corrected chi connectivity index (χ2v) is 7.87. The fourth-order valence-corrected chi connectivity index (χ4v) is 4.77. The lowest BCUT2D eigenvalue weighted by Gasteiger charge is -2.28. The average Bonchev–Trinajstić information content (AvgIpc) is 2.87. The van der Waals surface area contributed by atoms with Crippen LogP contribution in [0.5, 0.6) is 0 Å². The molecule has 0 bridgehead atoms. The number of likely N-dealkylation sites (N-methyl/N-ethyl adjacent to an activating group) is 1. The Kier molecular flexibility index (Phi) is 5.24. The number of fused-ring (bicyclic) bond motifs is 1. The van der Waals surface area contributed by atoms with Crippen molar-refractivity contribution >= 4 is 39.3 Å². The van der Waals surface area contributed by atoms with Crippen LogP contribution in [0.15, 0.2) is 28.6 Å². The summed E-state index contributed by atoms with van der Waals surface area (Å²) in [5.74, 6) is -0.234. The molecule has 0 aliphatic heterocycles. The van der Waals surface area contributed by atoms with E-state index in [1.54, 1.807) is 30.1 Å². The lowest BCUT2D eigenvalue weighted by molar-refractivity contribution is -0.147. The van der Waals surface area contributed by atoms with Gasteiger partial charge in [0.25, 0.3) is 0 Å². The minimum Gasteiger partial charge on any atom is -0.468 e. The molecule has 0 saturated heterocycles. The van der Waals surface area contributed by atoms with Crippen LogP contribution in [0.4, 0.5) is 0 Å². The minimum atomic E-state index is -0.669. The zero-order chi connectivity index (χ0) is 15.5. The Bertz CT molecular complexity index is 596. The monoisotopic (exact) mass is 324 g/mol. The Morgan fingerprint density at radius 1 is 1.52 bits per heavy atom. The van der Waals surface area contributed by atoms with Crippen molar-refractivity contribution in [2.45, 2.75) is 35.4 Å². The summed E-state index contributed by atoms with van der Waals surface area (Å²) >= 11 is 3.39. The van der Waals surface area contributed by atoms with E-state index in [-0.39, 0.29) is 11.2 Å². The van der Waals surface area contributed by atoms with Crippen molar-refractivity contribution in [2.75, 3.05) is 14.2 Å². The van der Waals surface area contributed by atoms with Gasteiger partial charge >= 0.3 is 5.97 Å². The molecule has 1 aromatic carbocycles. The van der Waals surface area contributed by atoms with Gasteiger partial charge < -0.3 is 10.1 Å². The quantitative estimate of drug-likeness (QED) is 0.652. The molecule has 0 saturated carbocycles. The number of benzene rings is 1. The third-order valence-electron chi connectivity index (χ3n) is 3.46. The zero-order valence-corrected chi connectivity index (χ0v) is 14.3. The summed E-state index contributed by atoms with van der Waals surface area (Å²) in [5, 5.41) is 3.32. The normalized spacial score (nSPS) is 15.6. The third-order valence-corrected chi connectivity index (χ3v) is 5.69. The molecule has 21 heavy (non-hydrogen) atoms. The first kappa shape index (κ1) is 16.3. The standard InChI is InChI=1S/C15H20N2O2S2/c1-10(9-15(2,16-3)13(18)19-4)20-14-17-11-7-5-6-8-12(11)21-14/h5-8,10,16H,9H2,1-4H3. The van der Waals surface area contributed by atoms with E-state index in [1.807, 2.05) is 25.1 Å². The van der Waals surface area contributed by atoms with Gasteiger partial charge in [-0.2, -0.15) is 0 Å². The number of esters is 1. The van der Waals surface area contributed by atoms with Crippen LogP contribution in [0, 0.1) is 0 Å². The molecule has 0 spiro atoms. The van der Waals surface area contributed by atoms with Gasteiger partial charge in [-0.15, -0.1) is 11.3 Å². The van der Waals surface area contributed by atoms with Crippen LogP contribution in [-0.2, 0) is 9.53 Å². The van der Waals surface area contributed by atoms with Crippen molar-refractivity contribution in [3.8, 4) is 0 Å². The molecule has 0 aliphatic rings. The van der Waals surface area contributed by atoms with E-state index in [0.717, 1.165) is 9.86 Å². The summed E-state index contributed by atoms with van der Waals surface area (Å²) in [7, 11) is 3.20. The first-order valence-electron chi connectivity index (χ1n) is 6.78. The largest absolute Gasteiger partial charge is 0.468 e. The van der Waals surface area contributed by atoms with E-state index in [9.17, 15) is 4.79 Å². The van der Waals surface area contributed by atoms with Crippen molar-refractivity contribution in [3.05, 3.63) is 24.3 Å². The van der Waals surface area contributed by atoms with E-state index in [4.69, 9.17) is 4.74 Å². The first-order valence-corrected chi connectivity index (χ1v) is 8.47. The molecule has 1 heterocycles. The van der Waals surface area contributed by atoms with E-state index < -0.39 is 5.54 Å².